The number of rotatable bonds is 7. The second kappa shape index (κ2) is 12.1. The molecule has 2 fully saturated rings. The standard InChI is InChI=1S/C28H33NO13/c1-11-21(33)23(35)25(37)27(39-11)42-26-24(36)22(34)19(10-30)41-28(26)40-14-7-16-20(18(8-14)38-2)17(32)9-15(29-16)12-3-5-13(31)6-4-12/h3-9,11,19,21-28,30-31,33-37H,10H2,1-2H3,(H,29,32)/t11-,19+,21-,22+,23+,24-,25+,26+,27-,28+/m0/s1. The second-order valence-electron chi connectivity index (χ2n) is 10.2. The number of phenolic OH excluding ortho intramolecular Hbond substituents is 1. The van der Waals surface area contributed by atoms with Gasteiger partial charge in [-0.1, -0.05) is 0 Å². The van der Waals surface area contributed by atoms with E-state index in [0.717, 1.165) is 0 Å². The van der Waals surface area contributed by atoms with Crippen molar-refractivity contribution in [2.24, 2.45) is 0 Å². The third kappa shape index (κ3) is 5.68. The number of phenols is 1. The predicted molar refractivity (Wildman–Crippen MR) is 144 cm³/mol. The van der Waals surface area contributed by atoms with Crippen LogP contribution in [0.15, 0.2) is 47.3 Å². The highest BCUT2D eigenvalue weighted by Crippen LogP contribution is 2.34. The Kier molecular flexibility index (Phi) is 8.71. The first-order valence-corrected chi connectivity index (χ1v) is 13.2. The van der Waals surface area contributed by atoms with Crippen LogP contribution in [0.25, 0.3) is 22.2 Å². The lowest BCUT2D eigenvalue weighted by atomic mass is 9.97. The van der Waals surface area contributed by atoms with E-state index in [1.165, 1.54) is 44.4 Å². The highest BCUT2D eigenvalue weighted by molar-refractivity contribution is 5.88. The number of pyridine rings is 1. The fraction of sp³-hybridized carbons (Fsp3) is 0.464. The average Bonchev–Trinajstić information content (AvgIpc) is 2.97. The molecule has 1 aromatic heterocycles. The minimum absolute atomic E-state index is 0.0586. The van der Waals surface area contributed by atoms with Crippen molar-refractivity contribution in [3.63, 3.8) is 0 Å². The molecular weight excluding hydrogens is 558 g/mol. The number of benzene rings is 2. The number of aliphatic hydroxyl groups is 6. The fourth-order valence-electron chi connectivity index (χ4n) is 5.06. The van der Waals surface area contributed by atoms with Gasteiger partial charge < -0.3 is 64.4 Å². The molecule has 42 heavy (non-hydrogen) atoms. The summed E-state index contributed by atoms with van der Waals surface area (Å²) in [7, 11) is 1.36. The van der Waals surface area contributed by atoms with E-state index in [9.17, 15) is 40.5 Å². The summed E-state index contributed by atoms with van der Waals surface area (Å²) in [5.41, 5.74) is 1.02. The van der Waals surface area contributed by atoms with E-state index in [4.69, 9.17) is 23.7 Å². The van der Waals surface area contributed by atoms with Gasteiger partial charge in [-0.05, 0) is 36.8 Å². The van der Waals surface area contributed by atoms with Crippen LogP contribution in [0, 0.1) is 0 Å². The maximum Gasteiger partial charge on any atom is 0.229 e. The molecule has 14 nitrogen and oxygen atoms in total. The summed E-state index contributed by atoms with van der Waals surface area (Å²) in [6.45, 7) is 0.767. The van der Waals surface area contributed by atoms with Crippen molar-refractivity contribution in [1.82, 2.24) is 4.98 Å². The molecule has 0 radical (unpaired) electrons. The van der Waals surface area contributed by atoms with Crippen molar-refractivity contribution in [3.05, 3.63) is 52.7 Å². The van der Waals surface area contributed by atoms with Crippen molar-refractivity contribution < 1.29 is 59.4 Å². The molecule has 0 saturated carbocycles. The largest absolute Gasteiger partial charge is 0.508 e. The van der Waals surface area contributed by atoms with Crippen molar-refractivity contribution in [1.29, 1.82) is 0 Å². The minimum Gasteiger partial charge on any atom is -0.508 e. The van der Waals surface area contributed by atoms with Crippen LogP contribution in [0.2, 0.25) is 0 Å². The number of aliphatic hydroxyl groups excluding tert-OH is 6. The lowest BCUT2D eigenvalue weighted by Crippen LogP contribution is -2.64. The van der Waals surface area contributed by atoms with Gasteiger partial charge in [0.25, 0.3) is 0 Å². The molecule has 10 atom stereocenters. The van der Waals surface area contributed by atoms with Crippen LogP contribution in [0.5, 0.6) is 17.2 Å². The summed E-state index contributed by atoms with van der Waals surface area (Å²) in [5.74, 6) is 0.277. The lowest BCUT2D eigenvalue weighted by Gasteiger charge is -2.45. The molecule has 0 aliphatic carbocycles. The summed E-state index contributed by atoms with van der Waals surface area (Å²) in [4.78, 5) is 16.2. The van der Waals surface area contributed by atoms with E-state index >= 15 is 0 Å². The third-order valence-electron chi connectivity index (χ3n) is 7.44. The Balaban J connectivity index is 1.50. The van der Waals surface area contributed by atoms with Gasteiger partial charge in [0.05, 0.1) is 30.7 Å². The van der Waals surface area contributed by atoms with Crippen LogP contribution in [0.1, 0.15) is 6.92 Å². The number of methoxy groups -OCH3 is 1. The van der Waals surface area contributed by atoms with Crippen LogP contribution in [0.4, 0.5) is 0 Å². The highest BCUT2D eigenvalue weighted by Gasteiger charge is 2.50. The third-order valence-corrected chi connectivity index (χ3v) is 7.44. The number of ether oxygens (including phenoxy) is 5. The van der Waals surface area contributed by atoms with Gasteiger partial charge in [0.15, 0.2) is 17.8 Å². The monoisotopic (exact) mass is 591 g/mol. The molecule has 2 aliphatic heterocycles. The quantitative estimate of drug-likeness (QED) is 0.164. The zero-order valence-electron chi connectivity index (χ0n) is 22.6. The molecule has 8 N–H and O–H groups in total. The van der Waals surface area contributed by atoms with Gasteiger partial charge in [0.1, 0.15) is 53.9 Å². The molecule has 228 valence electrons. The number of hydrogen-bond acceptors (Lipinski definition) is 13. The first kappa shape index (κ1) is 30.2. The number of aromatic amines is 1. The topological polar surface area (TPSA) is 221 Å². The molecule has 2 aromatic carbocycles. The fourth-order valence-corrected chi connectivity index (χ4v) is 5.06. The van der Waals surface area contributed by atoms with Gasteiger partial charge >= 0.3 is 0 Å². The molecule has 14 heteroatoms. The number of aromatic nitrogens is 1. The zero-order valence-corrected chi connectivity index (χ0v) is 22.6. The van der Waals surface area contributed by atoms with Crippen molar-refractivity contribution in [2.75, 3.05) is 13.7 Å². The van der Waals surface area contributed by atoms with Crippen molar-refractivity contribution in [2.45, 2.75) is 68.3 Å². The Morgan fingerprint density at radius 1 is 0.881 bits per heavy atom. The molecule has 2 saturated heterocycles. The van der Waals surface area contributed by atoms with E-state index in [2.05, 4.69) is 4.98 Å². The maximum atomic E-state index is 13.1. The molecular formula is C28H33NO13. The van der Waals surface area contributed by atoms with Crippen LogP contribution in [-0.2, 0) is 14.2 Å². The predicted octanol–water partition coefficient (Wildman–Crippen LogP) is -1.06. The number of nitrogens with one attached hydrogen (secondary N) is 1. The van der Waals surface area contributed by atoms with Gasteiger partial charge in [0.2, 0.25) is 6.29 Å². The summed E-state index contributed by atoms with van der Waals surface area (Å²) < 4.78 is 28.4. The second-order valence-corrected chi connectivity index (χ2v) is 10.2. The number of aromatic hydroxyl groups is 1. The normalized spacial score (nSPS) is 33.4. The Bertz CT molecular complexity index is 1450. The molecule has 0 amide bonds. The Hall–Kier alpha value is -3.31. The van der Waals surface area contributed by atoms with Crippen molar-refractivity contribution in [3.8, 4) is 28.5 Å². The van der Waals surface area contributed by atoms with Crippen LogP contribution in [-0.4, -0.2) is 116 Å². The Labute approximate surface area is 238 Å². The van der Waals surface area contributed by atoms with E-state index < -0.39 is 68.0 Å². The van der Waals surface area contributed by atoms with Crippen molar-refractivity contribution >= 4 is 10.9 Å². The SMILES string of the molecule is COc1cc(O[C@@H]2O[C@H](CO)[C@@H](O)[C@H](O)[C@H]2O[C@@H]2O[C@@H](C)[C@H](O)[C@@H](O)[C@H]2O)cc2[nH]c(-c3ccc(O)cc3)cc(=O)c12. The number of fused-ring (bicyclic) bond motifs is 1. The van der Waals surface area contributed by atoms with Crippen LogP contribution < -0.4 is 14.9 Å². The van der Waals surface area contributed by atoms with Crippen LogP contribution >= 0.6 is 0 Å². The van der Waals surface area contributed by atoms with E-state index in [1.54, 1.807) is 12.1 Å². The molecule has 2 aliphatic rings. The Morgan fingerprint density at radius 2 is 1.60 bits per heavy atom. The number of H-pyrrole nitrogens is 1. The minimum atomic E-state index is -1.72. The molecule has 0 bridgehead atoms. The summed E-state index contributed by atoms with van der Waals surface area (Å²) in [6.07, 6.45) is -14.9. The molecule has 3 heterocycles. The molecule has 3 aromatic rings. The highest BCUT2D eigenvalue weighted by atomic mass is 16.8. The zero-order chi connectivity index (χ0) is 30.3. The van der Waals surface area contributed by atoms with Gasteiger partial charge in [-0.3, -0.25) is 4.79 Å². The first-order chi connectivity index (χ1) is 20.0. The van der Waals surface area contributed by atoms with Gasteiger partial charge in [-0.25, -0.2) is 0 Å². The van der Waals surface area contributed by atoms with Gasteiger partial charge in [-0.15, -0.1) is 0 Å². The van der Waals surface area contributed by atoms with Gasteiger partial charge in [-0.2, -0.15) is 0 Å². The van der Waals surface area contributed by atoms with Gasteiger partial charge in [0, 0.05) is 23.9 Å². The number of hydrogen-bond donors (Lipinski definition) is 8. The first-order valence-electron chi connectivity index (χ1n) is 13.2. The summed E-state index contributed by atoms with van der Waals surface area (Å²) in [6, 6.07) is 10.5. The van der Waals surface area contributed by atoms with E-state index in [-0.39, 0.29) is 28.1 Å². The molecule has 0 unspecified atom stereocenters. The summed E-state index contributed by atoms with van der Waals surface area (Å²) >= 11 is 0. The molecule has 0 spiro atoms. The van der Waals surface area contributed by atoms with Crippen LogP contribution in [0.3, 0.4) is 0 Å². The summed E-state index contributed by atoms with van der Waals surface area (Å²) in [5, 5.41) is 71.6. The molecule has 5 rings (SSSR count). The van der Waals surface area contributed by atoms with E-state index in [1.807, 2.05) is 0 Å². The Morgan fingerprint density at radius 3 is 2.26 bits per heavy atom. The van der Waals surface area contributed by atoms with E-state index in [0.29, 0.717) is 16.8 Å². The lowest BCUT2D eigenvalue weighted by molar-refractivity contribution is -0.354. The smallest absolute Gasteiger partial charge is 0.229 e. The maximum absolute atomic E-state index is 13.1. The average molecular weight is 592 g/mol.